The number of fused-ring (bicyclic) bond motifs is 2. The van der Waals surface area contributed by atoms with Gasteiger partial charge in [-0.15, -0.1) is 0 Å². The predicted molar refractivity (Wildman–Crippen MR) is 65.8 cm³/mol. The van der Waals surface area contributed by atoms with Crippen molar-refractivity contribution in [1.82, 2.24) is 15.0 Å². The van der Waals surface area contributed by atoms with Crippen LogP contribution in [0.4, 0.5) is 9.93 Å². The molecule has 0 saturated heterocycles. The average molecular weight is 262 g/mol. The normalized spacial score (nSPS) is 10.9. The van der Waals surface area contributed by atoms with Gasteiger partial charge in [-0.1, -0.05) is 11.3 Å². The van der Waals surface area contributed by atoms with E-state index >= 15 is 0 Å². The SMILES string of the molecule is Nc1nc2nc3ccc(OC(=O)O)cc3nc2s1. The highest BCUT2D eigenvalue weighted by Crippen LogP contribution is 2.25. The number of nitrogens with zero attached hydrogens (tertiary/aromatic N) is 3. The predicted octanol–water partition coefficient (Wildman–Crippen LogP) is 1.88. The Bertz CT molecular complexity index is 770. The molecule has 3 rings (SSSR count). The van der Waals surface area contributed by atoms with Crippen molar-refractivity contribution in [2.24, 2.45) is 0 Å². The highest BCUT2D eigenvalue weighted by Gasteiger charge is 2.08. The van der Waals surface area contributed by atoms with Crippen LogP contribution in [-0.4, -0.2) is 26.2 Å². The molecule has 18 heavy (non-hydrogen) atoms. The average Bonchev–Trinajstić information content (AvgIpc) is 2.64. The fourth-order valence-corrected chi connectivity index (χ4v) is 2.20. The molecule has 0 bridgehead atoms. The first-order chi connectivity index (χ1) is 8.61. The van der Waals surface area contributed by atoms with Crippen LogP contribution in [0, 0.1) is 0 Å². The topological polar surface area (TPSA) is 111 Å². The van der Waals surface area contributed by atoms with Crippen LogP contribution in [0.1, 0.15) is 0 Å². The van der Waals surface area contributed by atoms with Crippen LogP contribution in [0.3, 0.4) is 0 Å². The van der Waals surface area contributed by atoms with E-state index in [0.717, 1.165) is 0 Å². The number of hydrogen-bond donors (Lipinski definition) is 2. The number of nitrogen functional groups attached to an aromatic ring is 1. The number of carbonyl (C=O) groups is 1. The van der Waals surface area contributed by atoms with E-state index in [0.29, 0.717) is 26.6 Å². The Hall–Kier alpha value is -2.48. The maximum atomic E-state index is 10.4. The van der Waals surface area contributed by atoms with Gasteiger partial charge in [-0.2, -0.15) is 4.98 Å². The van der Waals surface area contributed by atoms with Crippen LogP contribution in [0.15, 0.2) is 18.2 Å². The molecule has 0 amide bonds. The third-order valence-corrected chi connectivity index (χ3v) is 2.98. The van der Waals surface area contributed by atoms with Gasteiger partial charge in [0.15, 0.2) is 15.6 Å². The van der Waals surface area contributed by atoms with Crippen LogP contribution in [0.5, 0.6) is 5.75 Å². The summed E-state index contributed by atoms with van der Waals surface area (Å²) in [6.07, 6.45) is -1.37. The summed E-state index contributed by atoms with van der Waals surface area (Å²) in [6, 6.07) is 4.63. The van der Waals surface area contributed by atoms with E-state index in [9.17, 15) is 4.79 Å². The molecule has 0 radical (unpaired) electrons. The molecule has 0 aliphatic heterocycles. The summed E-state index contributed by atoms with van der Waals surface area (Å²) in [7, 11) is 0. The van der Waals surface area contributed by atoms with Gasteiger partial charge in [0.1, 0.15) is 5.75 Å². The molecule has 3 N–H and O–H groups in total. The van der Waals surface area contributed by atoms with Gasteiger partial charge in [-0.25, -0.2) is 14.8 Å². The highest BCUT2D eigenvalue weighted by molar-refractivity contribution is 7.21. The molecular weight excluding hydrogens is 256 g/mol. The van der Waals surface area contributed by atoms with E-state index in [-0.39, 0.29) is 5.75 Å². The Balaban J connectivity index is 2.20. The lowest BCUT2D eigenvalue weighted by molar-refractivity contribution is 0.144. The second kappa shape index (κ2) is 3.77. The number of ether oxygens (including phenoxy) is 1. The molecule has 0 spiro atoms. The number of carboxylic acid groups (broad SMARTS) is 1. The number of anilines is 1. The molecule has 3 aromatic rings. The van der Waals surface area contributed by atoms with Crippen LogP contribution in [0.2, 0.25) is 0 Å². The summed E-state index contributed by atoms with van der Waals surface area (Å²) in [5, 5.41) is 8.92. The minimum atomic E-state index is -1.37. The number of hydrogen-bond acceptors (Lipinski definition) is 7. The van der Waals surface area contributed by atoms with Gasteiger partial charge in [-0.05, 0) is 12.1 Å². The largest absolute Gasteiger partial charge is 0.511 e. The van der Waals surface area contributed by atoms with E-state index in [1.54, 1.807) is 6.07 Å². The summed E-state index contributed by atoms with van der Waals surface area (Å²) in [6.45, 7) is 0. The summed E-state index contributed by atoms with van der Waals surface area (Å²) in [5.74, 6) is 0.195. The van der Waals surface area contributed by atoms with E-state index in [2.05, 4.69) is 19.7 Å². The Labute approximate surface area is 104 Å². The molecule has 0 unspecified atom stereocenters. The molecule has 0 saturated carbocycles. The van der Waals surface area contributed by atoms with Crippen LogP contribution < -0.4 is 10.5 Å². The molecule has 0 fully saturated rings. The first-order valence-electron chi connectivity index (χ1n) is 4.86. The second-order valence-electron chi connectivity index (χ2n) is 3.42. The van der Waals surface area contributed by atoms with Crippen molar-refractivity contribution in [2.45, 2.75) is 0 Å². The van der Waals surface area contributed by atoms with E-state index in [4.69, 9.17) is 10.8 Å². The molecule has 1 aromatic carbocycles. The Morgan fingerprint density at radius 2 is 2.11 bits per heavy atom. The number of nitrogens with two attached hydrogens (primary N) is 1. The zero-order valence-electron chi connectivity index (χ0n) is 8.82. The summed E-state index contributed by atoms with van der Waals surface area (Å²) in [5.41, 5.74) is 7.19. The minimum Gasteiger partial charge on any atom is -0.449 e. The van der Waals surface area contributed by atoms with E-state index in [1.807, 2.05) is 0 Å². The number of rotatable bonds is 1. The number of thiazole rings is 1. The van der Waals surface area contributed by atoms with Gasteiger partial charge in [-0.3, -0.25) is 0 Å². The highest BCUT2D eigenvalue weighted by atomic mass is 32.1. The van der Waals surface area contributed by atoms with Crippen LogP contribution in [-0.2, 0) is 0 Å². The van der Waals surface area contributed by atoms with Crippen molar-refractivity contribution in [2.75, 3.05) is 5.73 Å². The Morgan fingerprint density at radius 3 is 2.89 bits per heavy atom. The Morgan fingerprint density at radius 1 is 1.28 bits per heavy atom. The lowest BCUT2D eigenvalue weighted by atomic mass is 10.3. The molecule has 0 aliphatic rings. The van der Waals surface area contributed by atoms with Gasteiger partial charge in [0.25, 0.3) is 0 Å². The third-order valence-electron chi connectivity index (χ3n) is 2.21. The quantitative estimate of drug-likeness (QED) is 0.508. The molecule has 7 nitrogen and oxygen atoms in total. The van der Waals surface area contributed by atoms with Crippen LogP contribution >= 0.6 is 11.3 Å². The van der Waals surface area contributed by atoms with Crippen LogP contribution in [0.25, 0.3) is 21.5 Å². The van der Waals surface area contributed by atoms with Gasteiger partial charge in [0.2, 0.25) is 0 Å². The maximum absolute atomic E-state index is 10.4. The number of aromatic nitrogens is 3. The van der Waals surface area contributed by atoms with Crippen molar-refractivity contribution in [3.8, 4) is 5.75 Å². The van der Waals surface area contributed by atoms with Crippen molar-refractivity contribution in [3.05, 3.63) is 18.2 Å². The molecular formula is C10H6N4O3S. The van der Waals surface area contributed by atoms with E-state index in [1.165, 1.54) is 23.5 Å². The minimum absolute atomic E-state index is 0.195. The van der Waals surface area contributed by atoms with Gasteiger partial charge < -0.3 is 15.6 Å². The summed E-state index contributed by atoms with van der Waals surface area (Å²) < 4.78 is 4.55. The Kier molecular flexibility index (Phi) is 2.23. The fourth-order valence-electron chi connectivity index (χ4n) is 1.54. The standard InChI is InChI=1S/C10H6N4O3S/c11-9-14-7-8(18-9)13-6-3-4(17-10(15)16)1-2-5(6)12-7/h1-3H,(H,15,16)(H2,11,12,14). The lowest BCUT2D eigenvalue weighted by Gasteiger charge is -2.00. The van der Waals surface area contributed by atoms with Crippen molar-refractivity contribution >= 4 is 44.1 Å². The van der Waals surface area contributed by atoms with Gasteiger partial charge in [0, 0.05) is 6.07 Å². The number of benzene rings is 1. The zero-order valence-corrected chi connectivity index (χ0v) is 9.64. The third kappa shape index (κ3) is 1.78. The monoisotopic (exact) mass is 262 g/mol. The zero-order chi connectivity index (χ0) is 12.7. The van der Waals surface area contributed by atoms with Crippen molar-refractivity contribution in [1.29, 1.82) is 0 Å². The molecule has 90 valence electrons. The summed E-state index contributed by atoms with van der Waals surface area (Å²) in [4.78, 5) is 23.7. The molecule has 2 aromatic heterocycles. The lowest BCUT2D eigenvalue weighted by Crippen LogP contribution is -2.02. The maximum Gasteiger partial charge on any atom is 0.511 e. The van der Waals surface area contributed by atoms with Crippen molar-refractivity contribution in [3.63, 3.8) is 0 Å². The molecule has 2 heterocycles. The van der Waals surface area contributed by atoms with Gasteiger partial charge in [0.05, 0.1) is 11.0 Å². The molecule has 0 aliphatic carbocycles. The smallest absolute Gasteiger partial charge is 0.449 e. The van der Waals surface area contributed by atoms with Crippen molar-refractivity contribution < 1.29 is 14.6 Å². The fraction of sp³-hybridized carbons (Fsp3) is 0. The van der Waals surface area contributed by atoms with Gasteiger partial charge >= 0.3 is 6.16 Å². The molecule has 8 heteroatoms. The van der Waals surface area contributed by atoms with E-state index < -0.39 is 6.16 Å². The summed E-state index contributed by atoms with van der Waals surface area (Å²) >= 11 is 1.22. The first kappa shape index (κ1) is 10.7. The first-order valence-corrected chi connectivity index (χ1v) is 5.68. The second-order valence-corrected chi connectivity index (χ2v) is 4.43. The molecule has 0 atom stereocenters.